The third-order valence-corrected chi connectivity index (χ3v) is 6.66. The van der Waals surface area contributed by atoms with Crippen molar-refractivity contribution in [2.45, 2.75) is 25.7 Å². The van der Waals surface area contributed by atoms with Crippen molar-refractivity contribution in [3.05, 3.63) is 105 Å². The number of hydrogen-bond donors (Lipinski definition) is 5. The summed E-state index contributed by atoms with van der Waals surface area (Å²) in [5.41, 5.74) is 13.5. The van der Waals surface area contributed by atoms with Crippen LogP contribution in [-0.2, 0) is 12.7 Å². The molecule has 12 heteroatoms. The molecule has 2 heterocycles. The molecule has 0 aliphatic rings. The molecule has 4 rings (SSSR count). The van der Waals surface area contributed by atoms with Crippen molar-refractivity contribution >= 4 is 39.3 Å². The van der Waals surface area contributed by atoms with Crippen molar-refractivity contribution < 1.29 is 18.0 Å². The number of nitrogens with two attached hydrogens (primary N) is 2. The van der Waals surface area contributed by atoms with Gasteiger partial charge in [-0.15, -0.1) is 0 Å². The molecule has 206 valence electrons. The maximum absolute atomic E-state index is 13.4. The van der Waals surface area contributed by atoms with Gasteiger partial charge in [0.25, 0.3) is 5.91 Å². The van der Waals surface area contributed by atoms with Gasteiger partial charge in [-0.1, -0.05) is 52.3 Å². The highest BCUT2D eigenvalue weighted by molar-refractivity contribution is 9.10. The summed E-state index contributed by atoms with van der Waals surface area (Å²) in [5.74, 6) is -0.703. The first kappa shape index (κ1) is 28.6. The molecule has 0 bridgehead atoms. The molecule has 0 saturated heterocycles. The zero-order valence-electron chi connectivity index (χ0n) is 21.2. The fourth-order valence-corrected chi connectivity index (χ4v) is 4.16. The fourth-order valence-electron chi connectivity index (χ4n) is 3.89. The lowest BCUT2D eigenvalue weighted by molar-refractivity contribution is -0.137. The van der Waals surface area contributed by atoms with Crippen LogP contribution in [0.4, 0.5) is 24.8 Å². The van der Waals surface area contributed by atoms with Crippen LogP contribution in [0, 0.1) is 5.41 Å². The number of nitrogens with one attached hydrogen (secondary N) is 3. The van der Waals surface area contributed by atoms with E-state index in [0.29, 0.717) is 17.3 Å². The normalized spacial score (nSPS) is 12.0. The van der Waals surface area contributed by atoms with Gasteiger partial charge in [-0.3, -0.25) is 10.2 Å². The van der Waals surface area contributed by atoms with Crippen molar-refractivity contribution in [1.82, 2.24) is 15.3 Å². The highest BCUT2D eigenvalue weighted by Crippen LogP contribution is 2.31. The zero-order valence-corrected chi connectivity index (χ0v) is 22.8. The molecule has 0 radical (unpaired) electrons. The molecule has 2 aromatic heterocycles. The topological polar surface area (TPSA) is 143 Å². The molecule has 1 atom stereocenters. The molecule has 0 fully saturated rings. The lowest BCUT2D eigenvalue weighted by Gasteiger charge is -2.18. The summed E-state index contributed by atoms with van der Waals surface area (Å²) < 4.78 is 41.1. The van der Waals surface area contributed by atoms with Crippen molar-refractivity contribution in [2.75, 3.05) is 11.1 Å². The number of alkyl halides is 3. The van der Waals surface area contributed by atoms with Crippen LogP contribution in [-0.4, -0.2) is 21.7 Å². The molecule has 0 spiro atoms. The molecule has 0 aliphatic carbocycles. The number of pyridine rings is 2. The standard InChI is InChI=1S/C28H25BrF3N7O/c1-15(17-6-8-21(29)9-7-17)39-27(40)23-11-20(28(30,31)32)14-38-26(23)37-12-16-2-4-18(5-3-16)19-10-22(24(33)34)25(35)36-13-19/h2-11,13-15H,12H2,1H3,(H3,33,34)(H2,35,36)(H,37,38)(H,39,40)/t15-/m1/s1. The van der Waals surface area contributed by atoms with E-state index in [1.165, 1.54) is 0 Å². The molecule has 2 aromatic carbocycles. The third-order valence-electron chi connectivity index (χ3n) is 6.13. The molecule has 4 aromatic rings. The van der Waals surface area contributed by atoms with Crippen LogP contribution >= 0.6 is 15.9 Å². The van der Waals surface area contributed by atoms with Crippen LogP contribution in [0.25, 0.3) is 11.1 Å². The quantitative estimate of drug-likeness (QED) is 0.124. The zero-order chi connectivity index (χ0) is 29.0. The average molecular weight is 612 g/mol. The third kappa shape index (κ3) is 6.75. The first-order valence-corrected chi connectivity index (χ1v) is 12.8. The predicted molar refractivity (Wildman–Crippen MR) is 152 cm³/mol. The van der Waals surface area contributed by atoms with Gasteiger partial charge in [-0.2, -0.15) is 13.2 Å². The van der Waals surface area contributed by atoms with Crippen molar-refractivity contribution in [1.29, 1.82) is 5.41 Å². The fraction of sp³-hybridized carbons (Fsp3) is 0.143. The minimum absolute atomic E-state index is 0.0198. The summed E-state index contributed by atoms with van der Waals surface area (Å²) >= 11 is 3.35. The van der Waals surface area contributed by atoms with E-state index in [1.807, 2.05) is 48.5 Å². The van der Waals surface area contributed by atoms with Crippen LogP contribution in [0.5, 0.6) is 0 Å². The highest BCUT2D eigenvalue weighted by atomic mass is 79.9. The molecule has 1 amide bonds. The predicted octanol–water partition coefficient (Wildman–Crippen LogP) is 5.89. The van der Waals surface area contributed by atoms with Gasteiger partial charge in [0.05, 0.1) is 22.7 Å². The van der Waals surface area contributed by atoms with Crippen molar-refractivity contribution in [3.8, 4) is 11.1 Å². The number of benzene rings is 2. The van der Waals surface area contributed by atoms with Crippen LogP contribution in [0.1, 0.15) is 45.6 Å². The van der Waals surface area contributed by atoms with Gasteiger partial charge in [-0.05, 0) is 47.9 Å². The Bertz CT molecular complexity index is 1540. The van der Waals surface area contributed by atoms with E-state index in [4.69, 9.17) is 16.9 Å². The number of rotatable bonds is 8. The monoisotopic (exact) mass is 611 g/mol. The number of nitrogens with zero attached hydrogens (tertiary/aromatic N) is 2. The molecule has 0 unspecified atom stereocenters. The first-order chi connectivity index (χ1) is 18.9. The molecule has 8 nitrogen and oxygen atoms in total. The van der Waals surface area contributed by atoms with Gasteiger partial charge in [0.15, 0.2) is 0 Å². The molecule has 7 N–H and O–H groups in total. The number of carbonyl (C=O) groups excluding carboxylic acids is 1. The van der Waals surface area contributed by atoms with Gasteiger partial charge in [0.1, 0.15) is 17.5 Å². The van der Waals surface area contributed by atoms with E-state index < -0.39 is 23.7 Å². The first-order valence-electron chi connectivity index (χ1n) is 12.0. The Hall–Kier alpha value is -4.45. The van der Waals surface area contributed by atoms with Crippen LogP contribution in [0.15, 0.2) is 77.5 Å². The number of hydrogen-bond acceptors (Lipinski definition) is 6. The maximum atomic E-state index is 13.4. The molecule has 0 saturated carbocycles. The van der Waals surface area contributed by atoms with E-state index in [1.54, 1.807) is 19.2 Å². The second-order valence-electron chi connectivity index (χ2n) is 8.99. The SMILES string of the molecule is C[C@@H](NC(=O)c1cc(C(F)(F)F)cnc1NCc1ccc(-c2cnc(N)c(C(=N)N)c2)cc1)c1ccc(Br)cc1. The van der Waals surface area contributed by atoms with Crippen LogP contribution < -0.4 is 22.1 Å². The lowest BCUT2D eigenvalue weighted by atomic mass is 10.0. The van der Waals surface area contributed by atoms with Crippen molar-refractivity contribution in [2.24, 2.45) is 5.73 Å². The molecular formula is C28H25BrF3N7O. The van der Waals surface area contributed by atoms with Crippen molar-refractivity contribution in [3.63, 3.8) is 0 Å². The summed E-state index contributed by atoms with van der Waals surface area (Å²) in [7, 11) is 0. The Balaban J connectivity index is 1.53. The molecular weight excluding hydrogens is 587 g/mol. The Labute approximate surface area is 236 Å². The summed E-state index contributed by atoms with van der Waals surface area (Å²) in [4.78, 5) is 21.1. The molecule has 0 aliphatic heterocycles. The second kappa shape index (κ2) is 11.7. The number of amides is 1. The Morgan fingerprint density at radius 2 is 1.68 bits per heavy atom. The van der Waals surface area contributed by atoms with Gasteiger partial charge in [0, 0.05) is 29.0 Å². The number of carbonyl (C=O) groups is 1. The summed E-state index contributed by atoms with van der Waals surface area (Å²) in [6.07, 6.45) is -2.39. The minimum Gasteiger partial charge on any atom is -0.384 e. The Kier molecular flexibility index (Phi) is 8.38. The van der Waals surface area contributed by atoms with E-state index in [2.05, 4.69) is 36.5 Å². The van der Waals surface area contributed by atoms with E-state index in [-0.39, 0.29) is 29.6 Å². The van der Waals surface area contributed by atoms with Crippen LogP contribution in [0.2, 0.25) is 0 Å². The largest absolute Gasteiger partial charge is 0.417 e. The molecule has 40 heavy (non-hydrogen) atoms. The number of anilines is 2. The maximum Gasteiger partial charge on any atom is 0.417 e. The Morgan fingerprint density at radius 1 is 1.00 bits per heavy atom. The Morgan fingerprint density at radius 3 is 2.30 bits per heavy atom. The van der Waals surface area contributed by atoms with E-state index >= 15 is 0 Å². The van der Waals surface area contributed by atoms with Gasteiger partial charge in [0.2, 0.25) is 0 Å². The lowest BCUT2D eigenvalue weighted by Crippen LogP contribution is -2.28. The summed E-state index contributed by atoms with van der Waals surface area (Å²) in [5, 5.41) is 13.4. The van der Waals surface area contributed by atoms with E-state index in [0.717, 1.165) is 27.2 Å². The van der Waals surface area contributed by atoms with Gasteiger partial charge in [-0.25, -0.2) is 9.97 Å². The highest BCUT2D eigenvalue weighted by Gasteiger charge is 2.32. The summed E-state index contributed by atoms with van der Waals surface area (Å²) in [6.45, 7) is 1.94. The average Bonchev–Trinajstić information content (AvgIpc) is 2.92. The number of aromatic nitrogens is 2. The van der Waals surface area contributed by atoms with Crippen LogP contribution in [0.3, 0.4) is 0 Å². The summed E-state index contributed by atoms with van der Waals surface area (Å²) in [6, 6.07) is 16.5. The van der Waals surface area contributed by atoms with Gasteiger partial charge < -0.3 is 22.1 Å². The minimum atomic E-state index is -4.66. The van der Waals surface area contributed by atoms with Gasteiger partial charge >= 0.3 is 6.18 Å². The smallest absolute Gasteiger partial charge is 0.384 e. The number of halogens is 4. The van der Waals surface area contributed by atoms with E-state index in [9.17, 15) is 18.0 Å². The number of nitrogen functional groups attached to an aromatic ring is 2. The second-order valence-corrected chi connectivity index (χ2v) is 9.90. The number of amidine groups is 1.